The molecule has 1 amide bonds. The number of carbonyl (C=O) groups is 2. The molecule has 1 aliphatic heterocycles. The highest BCUT2D eigenvalue weighted by molar-refractivity contribution is 8.77. The summed E-state index contributed by atoms with van der Waals surface area (Å²) in [4.78, 5) is 25.8. The maximum Gasteiger partial charge on any atom is 0.321 e. The Bertz CT molecular complexity index is 1170. The Balaban J connectivity index is 1.47. The molecule has 0 aliphatic carbocycles. The van der Waals surface area contributed by atoms with E-state index in [9.17, 15) is 23.1 Å². The molecule has 1 fully saturated rings. The molecular weight excluding hydrogens is 531 g/mol. The summed E-state index contributed by atoms with van der Waals surface area (Å²) < 4.78 is 28.7. The number of benzene rings is 2. The molecule has 0 spiro atoms. The minimum atomic E-state index is -4.07. The monoisotopic (exact) mass is 567 g/mol. The first-order valence-corrected chi connectivity index (χ1v) is 16.5. The Hall–Kier alpha value is -1.95. The lowest BCUT2D eigenvalue weighted by molar-refractivity contribution is -0.139. The van der Waals surface area contributed by atoms with Crippen LogP contribution in [-0.4, -0.2) is 63.1 Å². The van der Waals surface area contributed by atoms with Gasteiger partial charge in [0.1, 0.15) is 6.04 Å². The van der Waals surface area contributed by atoms with Gasteiger partial charge >= 0.3 is 5.97 Å². The first-order chi connectivity index (χ1) is 17.7. The van der Waals surface area contributed by atoms with Crippen LogP contribution in [0.5, 0.6) is 0 Å². The zero-order valence-corrected chi connectivity index (χ0v) is 23.9. The average molecular weight is 568 g/mol. The summed E-state index contributed by atoms with van der Waals surface area (Å²) in [6, 6.07) is 9.16. The number of fused-ring (bicyclic) bond motifs is 1. The normalized spacial score (nSPS) is 16.5. The summed E-state index contributed by atoms with van der Waals surface area (Å²) in [5.74, 6) is 0.0125. The molecule has 2 aromatic carbocycles. The van der Waals surface area contributed by atoms with Crippen molar-refractivity contribution in [2.24, 2.45) is 0 Å². The van der Waals surface area contributed by atoms with Crippen LogP contribution in [0.1, 0.15) is 51.4 Å². The van der Waals surface area contributed by atoms with Gasteiger partial charge < -0.3 is 15.3 Å². The van der Waals surface area contributed by atoms with Crippen LogP contribution >= 0.6 is 21.6 Å². The number of hydrogen-bond acceptors (Lipinski definition) is 7. The predicted molar refractivity (Wildman–Crippen MR) is 154 cm³/mol. The van der Waals surface area contributed by atoms with Gasteiger partial charge in [-0.1, -0.05) is 52.3 Å². The van der Waals surface area contributed by atoms with E-state index in [2.05, 4.69) is 10.0 Å². The molecule has 3 N–H and O–H groups in total. The number of carbonyl (C=O) groups excluding carboxylic acids is 1. The zero-order valence-electron chi connectivity index (χ0n) is 21.4. The van der Waals surface area contributed by atoms with Crippen molar-refractivity contribution in [3.8, 4) is 0 Å². The molecule has 2 atom stereocenters. The summed E-state index contributed by atoms with van der Waals surface area (Å²) >= 11 is 0. The Morgan fingerprint density at radius 1 is 1.08 bits per heavy atom. The van der Waals surface area contributed by atoms with Crippen molar-refractivity contribution in [2.75, 3.05) is 31.3 Å². The fourth-order valence-electron chi connectivity index (χ4n) is 4.38. The lowest BCUT2D eigenvalue weighted by Crippen LogP contribution is -2.40. The van der Waals surface area contributed by atoms with Gasteiger partial charge in [-0.2, -0.15) is 4.72 Å². The van der Waals surface area contributed by atoms with Crippen LogP contribution < -0.4 is 14.9 Å². The fraction of sp³-hybridized carbons (Fsp3) is 0.538. The number of carboxylic acid groups (broad SMARTS) is 1. The Morgan fingerprint density at radius 2 is 1.84 bits per heavy atom. The second-order valence-electron chi connectivity index (χ2n) is 9.46. The number of hydrogen-bond donors (Lipinski definition) is 3. The molecule has 1 aliphatic rings. The molecule has 0 bridgehead atoms. The average Bonchev–Trinajstić information content (AvgIpc) is 3.38. The molecule has 204 valence electrons. The Kier molecular flexibility index (Phi) is 11.4. The molecule has 0 aromatic heterocycles. The van der Waals surface area contributed by atoms with Crippen molar-refractivity contribution < 1.29 is 23.1 Å². The smallest absolute Gasteiger partial charge is 0.321 e. The first-order valence-electron chi connectivity index (χ1n) is 12.7. The number of carboxylic acids is 1. The lowest BCUT2D eigenvalue weighted by atomic mass is 10.1. The van der Waals surface area contributed by atoms with Crippen molar-refractivity contribution in [1.29, 1.82) is 0 Å². The third kappa shape index (κ3) is 8.80. The second kappa shape index (κ2) is 14.3. The molecule has 3 rings (SSSR count). The van der Waals surface area contributed by atoms with E-state index in [0.717, 1.165) is 35.6 Å². The van der Waals surface area contributed by atoms with Crippen molar-refractivity contribution in [2.45, 2.75) is 67.6 Å². The van der Waals surface area contributed by atoms with Gasteiger partial charge in [-0.15, -0.1) is 0 Å². The summed E-state index contributed by atoms with van der Waals surface area (Å²) in [7, 11) is 3.58. The second-order valence-corrected chi connectivity index (χ2v) is 13.9. The number of amides is 1. The summed E-state index contributed by atoms with van der Waals surface area (Å²) in [6.07, 6.45) is 6.03. The third-order valence-electron chi connectivity index (χ3n) is 6.37. The van der Waals surface area contributed by atoms with Crippen LogP contribution in [-0.2, 0) is 19.6 Å². The van der Waals surface area contributed by atoms with E-state index >= 15 is 0 Å². The van der Waals surface area contributed by atoms with Gasteiger partial charge in [-0.05, 0) is 50.7 Å². The van der Waals surface area contributed by atoms with Gasteiger partial charge in [0.25, 0.3) is 0 Å². The number of sulfonamides is 1. The molecule has 37 heavy (non-hydrogen) atoms. The van der Waals surface area contributed by atoms with Crippen molar-refractivity contribution in [1.82, 2.24) is 10.0 Å². The summed E-state index contributed by atoms with van der Waals surface area (Å²) in [5.41, 5.74) is 0.873. The van der Waals surface area contributed by atoms with Crippen LogP contribution in [0.3, 0.4) is 0 Å². The molecule has 2 aromatic rings. The van der Waals surface area contributed by atoms with Crippen LogP contribution in [0, 0.1) is 0 Å². The third-order valence-corrected chi connectivity index (χ3v) is 10.9. The van der Waals surface area contributed by atoms with Crippen LogP contribution in [0.2, 0.25) is 0 Å². The van der Waals surface area contributed by atoms with E-state index in [1.807, 2.05) is 52.7 Å². The molecular formula is C26H37N3O5S3. The highest BCUT2D eigenvalue weighted by Gasteiger charge is 2.26. The van der Waals surface area contributed by atoms with Gasteiger partial charge in [0.15, 0.2) is 0 Å². The highest BCUT2D eigenvalue weighted by atomic mass is 33.1. The van der Waals surface area contributed by atoms with E-state index in [-0.39, 0.29) is 17.2 Å². The number of unbranched alkanes of at least 4 members (excludes halogenated alkanes) is 2. The summed E-state index contributed by atoms with van der Waals surface area (Å²) in [6.45, 7) is 0.448. The molecule has 8 nitrogen and oxygen atoms in total. The molecule has 1 heterocycles. The lowest BCUT2D eigenvalue weighted by Gasteiger charge is -2.18. The maximum absolute atomic E-state index is 13.2. The van der Waals surface area contributed by atoms with Crippen LogP contribution in [0.15, 0.2) is 41.3 Å². The van der Waals surface area contributed by atoms with Crippen LogP contribution in [0.25, 0.3) is 10.8 Å². The predicted octanol–water partition coefficient (Wildman–Crippen LogP) is 4.64. The van der Waals surface area contributed by atoms with E-state index in [1.54, 1.807) is 18.2 Å². The Morgan fingerprint density at radius 3 is 2.54 bits per heavy atom. The van der Waals surface area contributed by atoms with Crippen molar-refractivity contribution in [3.05, 3.63) is 36.4 Å². The Labute approximate surface area is 227 Å². The number of anilines is 1. The highest BCUT2D eigenvalue weighted by Crippen LogP contribution is 2.39. The number of nitrogens with one attached hydrogen (secondary N) is 2. The SMILES string of the molecule is CN(C)c1cccc2c(S(=O)(=O)N[C@@H](CCCCNC(=O)CCCCC3CCSS3)C(=O)O)cccc12. The largest absolute Gasteiger partial charge is 0.480 e. The van der Waals surface area contributed by atoms with Crippen molar-refractivity contribution in [3.63, 3.8) is 0 Å². The van der Waals surface area contributed by atoms with Crippen molar-refractivity contribution >= 4 is 59.9 Å². The van der Waals surface area contributed by atoms with Gasteiger partial charge in [-0.3, -0.25) is 9.59 Å². The number of aliphatic carboxylic acids is 1. The molecule has 0 radical (unpaired) electrons. The number of nitrogens with zero attached hydrogens (tertiary/aromatic N) is 1. The van der Waals surface area contributed by atoms with Gasteiger partial charge in [0, 0.05) is 54.5 Å². The summed E-state index contributed by atoms with van der Waals surface area (Å²) in [5, 5.41) is 14.6. The fourth-order valence-corrected chi connectivity index (χ4v) is 8.86. The minimum absolute atomic E-state index is 0.0111. The maximum atomic E-state index is 13.2. The molecule has 11 heteroatoms. The minimum Gasteiger partial charge on any atom is -0.480 e. The van der Waals surface area contributed by atoms with E-state index in [0.29, 0.717) is 31.2 Å². The standard InChI is InChI=1S/C26H37N3O5S3/c1-29(2)23-13-7-11-21-20(23)10-8-14-24(21)37(33,34)28-22(26(31)32)12-5-6-17-27-25(30)15-4-3-9-19-16-18-35-36-19/h7-8,10-11,13-14,19,22,28H,3-6,9,12,15-18H2,1-2H3,(H,27,30)(H,31,32)/t19?,22-/m0/s1. The quantitative estimate of drug-likeness (QED) is 0.211. The zero-order chi connectivity index (χ0) is 26.8. The molecule has 0 saturated carbocycles. The number of rotatable bonds is 15. The van der Waals surface area contributed by atoms with E-state index < -0.39 is 22.0 Å². The topological polar surface area (TPSA) is 116 Å². The van der Waals surface area contributed by atoms with E-state index in [4.69, 9.17) is 0 Å². The van der Waals surface area contributed by atoms with Gasteiger partial charge in [-0.25, -0.2) is 8.42 Å². The van der Waals surface area contributed by atoms with Crippen LogP contribution in [0.4, 0.5) is 5.69 Å². The first kappa shape index (κ1) is 29.6. The van der Waals surface area contributed by atoms with Gasteiger partial charge in [0.05, 0.1) is 4.90 Å². The molecule has 1 unspecified atom stereocenters. The van der Waals surface area contributed by atoms with E-state index in [1.165, 1.54) is 18.2 Å². The molecule has 1 saturated heterocycles. The van der Waals surface area contributed by atoms with Gasteiger partial charge in [0.2, 0.25) is 15.9 Å².